The summed E-state index contributed by atoms with van der Waals surface area (Å²) < 4.78 is 33.5. The van der Waals surface area contributed by atoms with Gasteiger partial charge in [-0.1, -0.05) is 42.5 Å². The van der Waals surface area contributed by atoms with Gasteiger partial charge in [-0.3, -0.25) is 9.52 Å². The quantitative estimate of drug-likeness (QED) is 0.432. The Morgan fingerprint density at radius 1 is 0.906 bits per heavy atom. The van der Waals surface area contributed by atoms with Crippen molar-refractivity contribution in [1.82, 2.24) is 5.32 Å². The molecule has 4 rings (SSSR count). The molecule has 0 saturated heterocycles. The van der Waals surface area contributed by atoms with Crippen molar-refractivity contribution in [3.05, 3.63) is 106 Å². The van der Waals surface area contributed by atoms with Crippen molar-refractivity contribution < 1.29 is 17.6 Å². The van der Waals surface area contributed by atoms with Crippen molar-refractivity contribution in [2.45, 2.75) is 17.9 Å². The number of rotatable bonds is 6. The van der Waals surface area contributed by atoms with Gasteiger partial charge in [-0.15, -0.1) is 0 Å². The molecule has 0 saturated carbocycles. The molecule has 7 nitrogen and oxygen atoms in total. The van der Waals surface area contributed by atoms with E-state index in [1.165, 1.54) is 36.4 Å². The van der Waals surface area contributed by atoms with E-state index in [0.717, 1.165) is 5.56 Å². The lowest BCUT2D eigenvalue weighted by Gasteiger charge is -2.17. The molecule has 1 atom stereocenters. The lowest BCUT2D eigenvalue weighted by Crippen LogP contribution is -2.28. The van der Waals surface area contributed by atoms with Gasteiger partial charge in [0.1, 0.15) is 5.58 Å². The summed E-state index contributed by atoms with van der Waals surface area (Å²) in [6, 6.07) is 22.5. The van der Waals surface area contributed by atoms with Crippen LogP contribution in [0.5, 0.6) is 0 Å². The highest BCUT2D eigenvalue weighted by Crippen LogP contribution is 2.23. The van der Waals surface area contributed by atoms with E-state index in [4.69, 9.17) is 4.42 Å². The van der Waals surface area contributed by atoms with Crippen LogP contribution in [0.15, 0.2) is 99.0 Å². The minimum Gasteiger partial charge on any atom is -0.423 e. The molecule has 1 amide bonds. The van der Waals surface area contributed by atoms with Crippen LogP contribution >= 0.6 is 0 Å². The molecule has 32 heavy (non-hydrogen) atoms. The molecule has 8 heteroatoms. The highest BCUT2D eigenvalue weighted by atomic mass is 32.2. The molecule has 0 bridgehead atoms. The number of hydrogen-bond acceptors (Lipinski definition) is 5. The summed E-state index contributed by atoms with van der Waals surface area (Å²) >= 11 is 0. The Labute approximate surface area is 184 Å². The van der Waals surface area contributed by atoms with Crippen LogP contribution in [-0.4, -0.2) is 14.3 Å². The van der Waals surface area contributed by atoms with Crippen LogP contribution in [0.2, 0.25) is 0 Å². The number of amides is 1. The molecule has 3 aromatic carbocycles. The molecule has 1 aromatic heterocycles. The second kappa shape index (κ2) is 8.68. The Balaban J connectivity index is 1.60. The molecule has 0 spiro atoms. The van der Waals surface area contributed by atoms with Crippen LogP contribution in [0.4, 0.5) is 5.69 Å². The molecule has 0 fully saturated rings. The van der Waals surface area contributed by atoms with Gasteiger partial charge in [0.15, 0.2) is 0 Å². The number of para-hydroxylation sites is 1. The molecule has 0 radical (unpaired) electrons. The van der Waals surface area contributed by atoms with E-state index in [0.29, 0.717) is 5.39 Å². The van der Waals surface area contributed by atoms with Crippen LogP contribution in [-0.2, 0) is 10.0 Å². The van der Waals surface area contributed by atoms with Crippen LogP contribution < -0.4 is 15.7 Å². The van der Waals surface area contributed by atoms with E-state index in [1.54, 1.807) is 18.2 Å². The summed E-state index contributed by atoms with van der Waals surface area (Å²) in [5.41, 5.74) is 1.05. The number of nitrogens with one attached hydrogen (secondary N) is 2. The predicted octanol–water partition coefficient (Wildman–Crippen LogP) is 4.08. The molecule has 162 valence electrons. The average Bonchev–Trinajstić information content (AvgIpc) is 2.79. The smallest absolute Gasteiger partial charge is 0.336 e. The van der Waals surface area contributed by atoms with E-state index in [2.05, 4.69) is 10.0 Å². The summed E-state index contributed by atoms with van der Waals surface area (Å²) in [6.07, 6.45) is 0. The first kappa shape index (κ1) is 21.3. The third kappa shape index (κ3) is 4.55. The van der Waals surface area contributed by atoms with E-state index in [-0.39, 0.29) is 27.8 Å². The van der Waals surface area contributed by atoms with Crippen molar-refractivity contribution in [1.29, 1.82) is 0 Å². The summed E-state index contributed by atoms with van der Waals surface area (Å²) in [7, 11) is -4.00. The monoisotopic (exact) mass is 448 g/mol. The van der Waals surface area contributed by atoms with Crippen LogP contribution in [0.3, 0.4) is 0 Å². The molecule has 1 heterocycles. The molecule has 2 N–H and O–H groups in total. The second-order valence-corrected chi connectivity index (χ2v) is 8.89. The van der Waals surface area contributed by atoms with Gasteiger partial charge in [0.05, 0.1) is 22.2 Å². The first-order valence-corrected chi connectivity index (χ1v) is 11.3. The fourth-order valence-corrected chi connectivity index (χ4v) is 4.41. The van der Waals surface area contributed by atoms with Crippen molar-refractivity contribution in [2.75, 3.05) is 4.72 Å². The summed E-state index contributed by atoms with van der Waals surface area (Å²) in [5.74, 6) is -0.403. The van der Waals surface area contributed by atoms with Gasteiger partial charge in [-0.2, -0.15) is 0 Å². The number of hydrogen-bond donors (Lipinski definition) is 2. The molecular weight excluding hydrogens is 428 g/mol. The number of carbonyl (C=O) groups excluding carboxylic acids is 1. The zero-order chi connectivity index (χ0) is 22.7. The van der Waals surface area contributed by atoms with Crippen molar-refractivity contribution in [3.63, 3.8) is 0 Å². The van der Waals surface area contributed by atoms with Gasteiger partial charge >= 0.3 is 5.63 Å². The molecule has 0 aliphatic carbocycles. The molecule has 0 aliphatic rings. The Bertz CT molecular complexity index is 1450. The number of benzene rings is 3. The molecule has 0 unspecified atom stereocenters. The SMILES string of the molecule is C[C@@H](NC(=O)c1ccccc1NS(=O)(=O)c1ccc2oc(=O)ccc2c1)c1ccccc1. The summed E-state index contributed by atoms with van der Waals surface area (Å²) in [6.45, 7) is 1.85. The number of sulfonamides is 1. The largest absolute Gasteiger partial charge is 0.423 e. The van der Waals surface area contributed by atoms with Crippen LogP contribution in [0.1, 0.15) is 28.9 Å². The first-order chi connectivity index (χ1) is 15.3. The highest BCUT2D eigenvalue weighted by Gasteiger charge is 2.20. The van der Waals surface area contributed by atoms with Gasteiger partial charge < -0.3 is 9.73 Å². The maximum Gasteiger partial charge on any atom is 0.336 e. The van der Waals surface area contributed by atoms with E-state index in [9.17, 15) is 18.0 Å². The maximum absolute atomic E-state index is 13.0. The van der Waals surface area contributed by atoms with Crippen LogP contribution in [0.25, 0.3) is 11.0 Å². The Morgan fingerprint density at radius 3 is 2.41 bits per heavy atom. The number of anilines is 1. The Hall–Kier alpha value is -3.91. The van der Waals surface area contributed by atoms with Crippen molar-refractivity contribution >= 4 is 32.6 Å². The van der Waals surface area contributed by atoms with E-state index >= 15 is 0 Å². The topological polar surface area (TPSA) is 105 Å². The minimum atomic E-state index is -4.00. The maximum atomic E-state index is 13.0. The van der Waals surface area contributed by atoms with Gasteiger partial charge in [-0.05, 0) is 48.9 Å². The Morgan fingerprint density at radius 2 is 1.62 bits per heavy atom. The molecular formula is C24H20N2O5S. The summed E-state index contributed by atoms with van der Waals surface area (Å²) in [4.78, 5) is 24.2. The molecule has 4 aromatic rings. The van der Waals surface area contributed by atoms with E-state index in [1.807, 2.05) is 37.3 Å². The van der Waals surface area contributed by atoms with Crippen LogP contribution in [0, 0.1) is 0 Å². The zero-order valence-corrected chi connectivity index (χ0v) is 17.9. The third-order valence-electron chi connectivity index (χ3n) is 4.96. The predicted molar refractivity (Wildman–Crippen MR) is 122 cm³/mol. The summed E-state index contributed by atoms with van der Waals surface area (Å²) in [5, 5.41) is 3.36. The fourth-order valence-electron chi connectivity index (χ4n) is 3.29. The Kier molecular flexibility index (Phi) is 5.79. The number of fused-ring (bicyclic) bond motifs is 1. The minimum absolute atomic E-state index is 0.0216. The third-order valence-corrected chi connectivity index (χ3v) is 6.33. The normalized spacial score (nSPS) is 12.3. The van der Waals surface area contributed by atoms with Gasteiger partial charge in [-0.25, -0.2) is 13.2 Å². The van der Waals surface area contributed by atoms with Gasteiger partial charge in [0, 0.05) is 11.5 Å². The molecule has 0 aliphatic heterocycles. The fraction of sp³-hybridized carbons (Fsp3) is 0.0833. The number of carbonyl (C=O) groups is 1. The lowest BCUT2D eigenvalue weighted by molar-refractivity contribution is 0.0941. The lowest BCUT2D eigenvalue weighted by atomic mass is 10.1. The second-order valence-electron chi connectivity index (χ2n) is 7.21. The van der Waals surface area contributed by atoms with Crippen molar-refractivity contribution in [2.24, 2.45) is 0 Å². The van der Waals surface area contributed by atoms with E-state index < -0.39 is 21.6 Å². The van der Waals surface area contributed by atoms with Gasteiger partial charge in [0.25, 0.3) is 15.9 Å². The van der Waals surface area contributed by atoms with Crippen molar-refractivity contribution in [3.8, 4) is 0 Å². The first-order valence-electron chi connectivity index (χ1n) is 9.85. The standard InChI is InChI=1S/C24H20N2O5S/c1-16(17-7-3-2-4-8-17)25-24(28)20-9-5-6-10-21(20)26-32(29,30)19-12-13-22-18(15-19)11-14-23(27)31-22/h2-16,26H,1H3,(H,25,28)/t16-/m1/s1. The average molecular weight is 449 g/mol. The van der Waals surface area contributed by atoms with Gasteiger partial charge in [0.2, 0.25) is 0 Å². The zero-order valence-electron chi connectivity index (χ0n) is 17.1. The highest BCUT2D eigenvalue weighted by molar-refractivity contribution is 7.92.